The Morgan fingerprint density at radius 2 is 2.19 bits per heavy atom. The third kappa shape index (κ3) is 3.22. The Morgan fingerprint density at radius 3 is 2.95 bits per heavy atom. The van der Waals surface area contributed by atoms with Crippen molar-refractivity contribution in [2.75, 3.05) is 18.5 Å². The van der Waals surface area contributed by atoms with Crippen LogP contribution in [0.25, 0.3) is 0 Å². The lowest BCUT2D eigenvalue weighted by Crippen LogP contribution is -2.47. The summed E-state index contributed by atoms with van der Waals surface area (Å²) in [7, 11) is -3.44. The van der Waals surface area contributed by atoms with Crippen molar-refractivity contribution in [3.63, 3.8) is 0 Å². The summed E-state index contributed by atoms with van der Waals surface area (Å²) in [5, 5.41) is 3.27. The number of hydrogen-bond acceptors (Lipinski definition) is 4. The molecule has 0 amide bonds. The maximum absolute atomic E-state index is 12.4. The maximum atomic E-state index is 12.4. The smallest absolute Gasteiger partial charge is 0.240 e. The lowest BCUT2D eigenvalue weighted by molar-refractivity contribution is -0.00475. The predicted octanol–water partition coefficient (Wildman–Crippen LogP) is 1.89. The Morgan fingerprint density at radius 1 is 1.38 bits per heavy atom. The third-order valence-electron chi connectivity index (χ3n) is 4.15. The van der Waals surface area contributed by atoms with Crippen molar-refractivity contribution < 1.29 is 13.2 Å². The number of hydrogen-bond donors (Lipinski definition) is 2. The molecule has 6 heteroatoms. The van der Waals surface area contributed by atoms with E-state index in [1.807, 2.05) is 13.0 Å². The zero-order valence-corrected chi connectivity index (χ0v) is 13.1. The van der Waals surface area contributed by atoms with E-state index < -0.39 is 10.0 Å². The van der Waals surface area contributed by atoms with Gasteiger partial charge in [0, 0.05) is 24.9 Å². The van der Waals surface area contributed by atoms with Crippen LogP contribution in [0.15, 0.2) is 23.1 Å². The quantitative estimate of drug-likeness (QED) is 0.871. The standard InChI is InChI=1S/C15H22N2O3S/c1-2-20-13-8-12(9-13)17-21(18,19)14-6-5-11-4-3-7-16-15(11)10-14/h5-6,10,12-13,16-17H,2-4,7-9H2,1H3. The van der Waals surface area contributed by atoms with E-state index in [0.29, 0.717) is 11.5 Å². The van der Waals surface area contributed by atoms with Crippen molar-refractivity contribution in [3.05, 3.63) is 23.8 Å². The minimum absolute atomic E-state index is 0.00413. The van der Waals surface area contributed by atoms with E-state index >= 15 is 0 Å². The van der Waals surface area contributed by atoms with Crippen LogP contribution in [-0.2, 0) is 21.2 Å². The molecular formula is C15H22N2O3S. The molecule has 0 bridgehead atoms. The van der Waals surface area contributed by atoms with Crippen LogP contribution in [0.3, 0.4) is 0 Å². The van der Waals surface area contributed by atoms with Crippen LogP contribution in [0, 0.1) is 0 Å². The molecule has 1 aliphatic carbocycles. The Labute approximate surface area is 126 Å². The first kappa shape index (κ1) is 14.8. The zero-order valence-electron chi connectivity index (χ0n) is 12.3. The summed E-state index contributed by atoms with van der Waals surface area (Å²) in [5.74, 6) is 0. The third-order valence-corrected chi connectivity index (χ3v) is 5.67. The van der Waals surface area contributed by atoms with E-state index in [0.717, 1.165) is 37.9 Å². The van der Waals surface area contributed by atoms with Crippen molar-refractivity contribution in [1.82, 2.24) is 4.72 Å². The van der Waals surface area contributed by atoms with Crippen LogP contribution in [0.1, 0.15) is 31.7 Å². The van der Waals surface area contributed by atoms with E-state index in [9.17, 15) is 8.42 Å². The number of aryl methyl sites for hydroxylation is 1. The zero-order chi connectivity index (χ0) is 14.9. The van der Waals surface area contributed by atoms with Gasteiger partial charge in [-0.3, -0.25) is 0 Å². The molecule has 1 aromatic carbocycles. The lowest BCUT2D eigenvalue weighted by Gasteiger charge is -2.35. The van der Waals surface area contributed by atoms with Crippen LogP contribution in [0.5, 0.6) is 0 Å². The van der Waals surface area contributed by atoms with Crippen molar-refractivity contribution in [1.29, 1.82) is 0 Å². The van der Waals surface area contributed by atoms with Gasteiger partial charge < -0.3 is 10.1 Å². The largest absolute Gasteiger partial charge is 0.385 e. The molecule has 1 heterocycles. The molecule has 0 spiro atoms. The summed E-state index contributed by atoms with van der Waals surface area (Å²) >= 11 is 0. The molecule has 116 valence electrons. The molecule has 0 atom stereocenters. The normalized spacial score (nSPS) is 24.8. The lowest BCUT2D eigenvalue weighted by atomic mass is 9.90. The fraction of sp³-hybridized carbons (Fsp3) is 0.600. The molecule has 2 aliphatic rings. The van der Waals surface area contributed by atoms with E-state index in [1.165, 1.54) is 5.56 Å². The van der Waals surface area contributed by atoms with E-state index in [1.54, 1.807) is 12.1 Å². The topological polar surface area (TPSA) is 67.4 Å². The fourth-order valence-electron chi connectivity index (χ4n) is 2.93. The molecule has 0 radical (unpaired) electrons. The van der Waals surface area contributed by atoms with Crippen molar-refractivity contribution >= 4 is 15.7 Å². The van der Waals surface area contributed by atoms with Crippen molar-refractivity contribution in [3.8, 4) is 0 Å². The molecule has 0 unspecified atom stereocenters. The molecule has 3 rings (SSSR count). The molecule has 2 N–H and O–H groups in total. The molecule has 21 heavy (non-hydrogen) atoms. The van der Waals surface area contributed by atoms with Crippen LogP contribution in [0.2, 0.25) is 0 Å². The monoisotopic (exact) mass is 310 g/mol. The second-order valence-electron chi connectivity index (χ2n) is 5.72. The highest BCUT2D eigenvalue weighted by atomic mass is 32.2. The van der Waals surface area contributed by atoms with E-state index in [2.05, 4.69) is 10.0 Å². The molecule has 0 aromatic heterocycles. The average Bonchev–Trinajstić information content (AvgIpc) is 2.44. The minimum atomic E-state index is -3.44. The van der Waals surface area contributed by atoms with Gasteiger partial charge in [-0.05, 0) is 50.3 Å². The van der Waals surface area contributed by atoms with Crippen LogP contribution >= 0.6 is 0 Å². The van der Waals surface area contributed by atoms with Gasteiger partial charge in [-0.15, -0.1) is 0 Å². The number of rotatable bonds is 5. The Balaban J connectivity index is 1.68. The number of benzene rings is 1. The summed E-state index contributed by atoms with van der Waals surface area (Å²) in [6, 6.07) is 5.36. The summed E-state index contributed by atoms with van der Waals surface area (Å²) in [6.07, 6.45) is 3.83. The molecular weight excluding hydrogens is 288 g/mol. The highest BCUT2D eigenvalue weighted by Gasteiger charge is 2.33. The number of sulfonamides is 1. The Bertz CT molecular complexity index is 609. The molecule has 1 fully saturated rings. The van der Waals surface area contributed by atoms with Crippen molar-refractivity contribution in [2.45, 2.75) is 49.6 Å². The molecule has 0 saturated heterocycles. The number of ether oxygens (including phenoxy) is 1. The number of anilines is 1. The van der Waals surface area contributed by atoms with Crippen molar-refractivity contribution in [2.24, 2.45) is 0 Å². The summed E-state index contributed by atoms with van der Waals surface area (Å²) in [5.41, 5.74) is 2.14. The van der Waals surface area contributed by atoms with Gasteiger partial charge in [0.2, 0.25) is 10.0 Å². The second kappa shape index (κ2) is 5.94. The summed E-state index contributed by atoms with van der Waals surface area (Å²) in [6.45, 7) is 3.54. The van der Waals surface area contributed by atoms with Gasteiger partial charge in [0.25, 0.3) is 0 Å². The van der Waals surface area contributed by atoms with Crippen LogP contribution in [0.4, 0.5) is 5.69 Å². The van der Waals surface area contributed by atoms with Gasteiger partial charge in [0.05, 0.1) is 11.0 Å². The van der Waals surface area contributed by atoms with Gasteiger partial charge >= 0.3 is 0 Å². The first-order valence-corrected chi connectivity index (χ1v) is 9.07. The first-order valence-electron chi connectivity index (χ1n) is 7.59. The molecule has 1 aromatic rings. The number of nitrogens with one attached hydrogen (secondary N) is 2. The highest BCUT2D eigenvalue weighted by Crippen LogP contribution is 2.28. The van der Waals surface area contributed by atoms with Gasteiger partial charge in [-0.1, -0.05) is 6.07 Å². The molecule has 1 saturated carbocycles. The highest BCUT2D eigenvalue weighted by molar-refractivity contribution is 7.89. The SMILES string of the molecule is CCOC1CC(NS(=O)(=O)c2ccc3c(c2)NCCC3)C1. The van der Waals surface area contributed by atoms with E-state index in [4.69, 9.17) is 4.74 Å². The minimum Gasteiger partial charge on any atom is -0.385 e. The average molecular weight is 310 g/mol. The van der Waals surface area contributed by atoms with Gasteiger partial charge in [0.1, 0.15) is 0 Å². The number of fused-ring (bicyclic) bond motifs is 1. The molecule has 1 aliphatic heterocycles. The Kier molecular flexibility index (Phi) is 4.19. The van der Waals surface area contributed by atoms with Gasteiger partial charge in [-0.2, -0.15) is 0 Å². The van der Waals surface area contributed by atoms with Crippen LogP contribution < -0.4 is 10.0 Å². The first-order chi connectivity index (χ1) is 10.1. The van der Waals surface area contributed by atoms with E-state index in [-0.39, 0.29) is 12.1 Å². The molecule has 5 nitrogen and oxygen atoms in total. The maximum Gasteiger partial charge on any atom is 0.240 e. The predicted molar refractivity (Wildman–Crippen MR) is 82.0 cm³/mol. The Hall–Kier alpha value is -1.11. The summed E-state index contributed by atoms with van der Waals surface area (Å²) in [4.78, 5) is 0.343. The van der Waals surface area contributed by atoms with Gasteiger partial charge in [0.15, 0.2) is 0 Å². The van der Waals surface area contributed by atoms with Gasteiger partial charge in [-0.25, -0.2) is 13.1 Å². The fourth-order valence-corrected chi connectivity index (χ4v) is 4.22. The van der Waals surface area contributed by atoms with Crippen LogP contribution in [-0.4, -0.2) is 33.7 Å². The second-order valence-corrected chi connectivity index (χ2v) is 7.43. The summed E-state index contributed by atoms with van der Waals surface area (Å²) < 4.78 is 33.0.